The van der Waals surface area contributed by atoms with E-state index in [2.05, 4.69) is 0 Å². The number of carbonyl (C=O) groups is 1. The van der Waals surface area contributed by atoms with Crippen LogP contribution < -0.4 is 0 Å². The van der Waals surface area contributed by atoms with Crippen LogP contribution in [-0.2, 0) is 9.53 Å². The maximum Gasteiger partial charge on any atom is 0.248 e. The number of rotatable bonds is 2. The number of nitrogens with zero attached hydrogens (tertiary/aromatic N) is 1. The van der Waals surface area contributed by atoms with Gasteiger partial charge in [-0.05, 0) is 12.8 Å². The average molecular weight is 282 g/mol. The minimum atomic E-state index is -2.58. The van der Waals surface area contributed by atoms with Crippen molar-refractivity contribution in [1.82, 2.24) is 4.90 Å². The fourth-order valence-electron chi connectivity index (χ4n) is 2.56. The van der Waals surface area contributed by atoms with Crippen molar-refractivity contribution in [2.75, 3.05) is 25.6 Å². The van der Waals surface area contributed by atoms with Gasteiger partial charge in [-0.2, -0.15) is 0 Å². The molecule has 2 aliphatic rings. The number of amides is 1. The van der Waals surface area contributed by atoms with E-state index in [1.807, 2.05) is 0 Å². The van der Waals surface area contributed by atoms with Gasteiger partial charge in [-0.3, -0.25) is 4.79 Å². The summed E-state index contributed by atoms with van der Waals surface area (Å²) in [5, 5.41) is 0. The molecule has 0 aromatic carbocycles. The van der Waals surface area contributed by atoms with Crippen molar-refractivity contribution < 1.29 is 18.3 Å². The summed E-state index contributed by atoms with van der Waals surface area (Å²) >= 11 is 5.71. The summed E-state index contributed by atoms with van der Waals surface area (Å²) in [6, 6.07) is 0. The van der Waals surface area contributed by atoms with E-state index in [0.717, 1.165) is 0 Å². The van der Waals surface area contributed by atoms with Gasteiger partial charge in [0.25, 0.3) is 0 Å². The molecule has 1 saturated carbocycles. The molecule has 18 heavy (non-hydrogen) atoms. The molecule has 104 valence electrons. The highest BCUT2D eigenvalue weighted by Gasteiger charge is 2.39. The number of hydrogen-bond donors (Lipinski definition) is 0. The van der Waals surface area contributed by atoms with Crippen LogP contribution in [0, 0.1) is 5.92 Å². The number of morpholine rings is 1. The molecule has 0 aromatic rings. The Bertz CT molecular complexity index is 304. The lowest BCUT2D eigenvalue weighted by Gasteiger charge is -2.36. The van der Waals surface area contributed by atoms with Crippen LogP contribution in [0.25, 0.3) is 0 Å². The summed E-state index contributed by atoms with van der Waals surface area (Å²) in [4.78, 5) is 13.9. The third-order valence-electron chi connectivity index (χ3n) is 3.69. The third-order valence-corrected chi connectivity index (χ3v) is 4.03. The van der Waals surface area contributed by atoms with Crippen LogP contribution in [0.3, 0.4) is 0 Å². The molecule has 0 spiro atoms. The number of ether oxygens (including phenoxy) is 1. The van der Waals surface area contributed by atoms with Crippen molar-refractivity contribution in [3.05, 3.63) is 0 Å². The van der Waals surface area contributed by atoms with Crippen LogP contribution in [0.1, 0.15) is 25.7 Å². The monoisotopic (exact) mass is 281 g/mol. The van der Waals surface area contributed by atoms with Gasteiger partial charge in [0.1, 0.15) is 0 Å². The summed E-state index contributed by atoms with van der Waals surface area (Å²) in [7, 11) is 0. The summed E-state index contributed by atoms with van der Waals surface area (Å²) in [5.74, 6) is -2.49. The van der Waals surface area contributed by atoms with E-state index in [4.69, 9.17) is 16.3 Å². The van der Waals surface area contributed by atoms with Gasteiger partial charge in [-0.15, -0.1) is 11.6 Å². The molecule has 1 atom stereocenters. The first-order valence-electron chi connectivity index (χ1n) is 6.36. The molecule has 0 aromatic heterocycles. The average Bonchev–Trinajstić information content (AvgIpc) is 2.38. The van der Waals surface area contributed by atoms with E-state index in [1.54, 1.807) is 4.90 Å². The molecular formula is C12H18ClF2NO2. The molecular weight excluding hydrogens is 264 g/mol. The van der Waals surface area contributed by atoms with E-state index in [9.17, 15) is 13.6 Å². The third kappa shape index (κ3) is 3.32. The van der Waals surface area contributed by atoms with Crippen molar-refractivity contribution in [2.45, 2.75) is 37.7 Å². The zero-order chi connectivity index (χ0) is 13.2. The van der Waals surface area contributed by atoms with E-state index in [0.29, 0.717) is 25.6 Å². The van der Waals surface area contributed by atoms with Gasteiger partial charge in [0.2, 0.25) is 11.8 Å². The summed E-state index contributed by atoms with van der Waals surface area (Å²) in [5.41, 5.74) is 0. The number of carbonyl (C=O) groups excluding carboxylic acids is 1. The minimum Gasteiger partial charge on any atom is -0.373 e. The Morgan fingerprint density at radius 1 is 1.39 bits per heavy atom. The highest BCUT2D eigenvalue weighted by Crippen LogP contribution is 2.36. The lowest BCUT2D eigenvalue weighted by molar-refractivity contribution is -0.146. The summed E-state index contributed by atoms with van der Waals surface area (Å²) < 4.78 is 31.5. The molecule has 1 aliphatic heterocycles. The first-order valence-corrected chi connectivity index (χ1v) is 6.89. The summed E-state index contributed by atoms with van der Waals surface area (Å²) in [6.07, 6.45) is 0.0948. The molecule has 1 heterocycles. The Morgan fingerprint density at radius 3 is 2.67 bits per heavy atom. The minimum absolute atomic E-state index is 0.0103. The predicted molar refractivity (Wildman–Crippen MR) is 63.9 cm³/mol. The fourth-order valence-corrected chi connectivity index (χ4v) is 2.74. The second-order valence-corrected chi connectivity index (χ2v) is 5.37. The molecule has 0 bridgehead atoms. The zero-order valence-electron chi connectivity index (χ0n) is 10.2. The van der Waals surface area contributed by atoms with Gasteiger partial charge >= 0.3 is 0 Å². The first-order chi connectivity index (χ1) is 8.52. The molecule has 6 heteroatoms. The van der Waals surface area contributed by atoms with Gasteiger partial charge in [0.15, 0.2) is 0 Å². The van der Waals surface area contributed by atoms with Gasteiger partial charge < -0.3 is 9.64 Å². The molecule has 0 radical (unpaired) electrons. The van der Waals surface area contributed by atoms with Crippen molar-refractivity contribution in [2.24, 2.45) is 5.92 Å². The van der Waals surface area contributed by atoms with Crippen LogP contribution in [-0.4, -0.2) is 48.4 Å². The molecule has 1 aliphatic carbocycles. The number of halogens is 3. The van der Waals surface area contributed by atoms with Crippen LogP contribution in [0.15, 0.2) is 0 Å². The summed E-state index contributed by atoms with van der Waals surface area (Å²) in [6.45, 7) is 1.50. The normalized spacial score (nSPS) is 29.3. The fraction of sp³-hybridized carbons (Fsp3) is 0.917. The highest BCUT2D eigenvalue weighted by molar-refractivity contribution is 6.18. The van der Waals surface area contributed by atoms with Crippen LogP contribution in [0.2, 0.25) is 0 Å². The Labute approximate surface area is 110 Å². The molecule has 0 N–H and O–H groups in total. The van der Waals surface area contributed by atoms with Gasteiger partial charge in [-0.1, -0.05) is 0 Å². The van der Waals surface area contributed by atoms with Crippen molar-refractivity contribution in [1.29, 1.82) is 0 Å². The largest absolute Gasteiger partial charge is 0.373 e. The van der Waals surface area contributed by atoms with Gasteiger partial charge in [0.05, 0.1) is 18.6 Å². The molecule has 2 fully saturated rings. The van der Waals surface area contributed by atoms with Gasteiger partial charge in [0, 0.05) is 31.8 Å². The van der Waals surface area contributed by atoms with Crippen LogP contribution in [0.5, 0.6) is 0 Å². The first kappa shape index (κ1) is 14.0. The quantitative estimate of drug-likeness (QED) is 0.727. The van der Waals surface area contributed by atoms with Crippen molar-refractivity contribution >= 4 is 17.5 Å². The maximum absolute atomic E-state index is 13.0. The lowest BCUT2D eigenvalue weighted by atomic mass is 9.86. The second-order valence-electron chi connectivity index (χ2n) is 5.06. The standard InChI is InChI=1S/C12H18ClF2NO2/c13-7-10-8-16(5-6-18-10)11(17)9-1-3-12(14,15)4-2-9/h9-10H,1-8H2. The molecule has 1 unspecified atom stereocenters. The van der Waals surface area contributed by atoms with Crippen molar-refractivity contribution in [3.8, 4) is 0 Å². The molecule has 3 nitrogen and oxygen atoms in total. The SMILES string of the molecule is O=C(C1CCC(F)(F)CC1)N1CCOC(CCl)C1. The van der Waals surface area contributed by atoms with E-state index >= 15 is 0 Å². The number of alkyl halides is 3. The van der Waals surface area contributed by atoms with E-state index in [-0.39, 0.29) is 43.6 Å². The Balaban J connectivity index is 1.87. The Hall–Kier alpha value is -0.420. The van der Waals surface area contributed by atoms with Crippen molar-refractivity contribution in [3.63, 3.8) is 0 Å². The van der Waals surface area contributed by atoms with Crippen LogP contribution in [0.4, 0.5) is 8.78 Å². The van der Waals surface area contributed by atoms with E-state index < -0.39 is 5.92 Å². The van der Waals surface area contributed by atoms with E-state index in [1.165, 1.54) is 0 Å². The Kier molecular flexibility index (Phi) is 4.43. The molecule has 1 saturated heterocycles. The molecule has 1 amide bonds. The second kappa shape index (κ2) is 5.70. The number of hydrogen-bond acceptors (Lipinski definition) is 2. The molecule has 2 rings (SSSR count). The lowest BCUT2D eigenvalue weighted by Crippen LogP contribution is -2.49. The highest BCUT2D eigenvalue weighted by atomic mass is 35.5. The maximum atomic E-state index is 13.0. The van der Waals surface area contributed by atoms with Gasteiger partial charge in [-0.25, -0.2) is 8.78 Å². The topological polar surface area (TPSA) is 29.5 Å². The Morgan fingerprint density at radius 2 is 2.06 bits per heavy atom. The smallest absolute Gasteiger partial charge is 0.248 e. The predicted octanol–water partition coefficient (Wildman–Crippen LogP) is 2.28. The zero-order valence-corrected chi connectivity index (χ0v) is 11.0. The van der Waals surface area contributed by atoms with Crippen LogP contribution >= 0.6 is 11.6 Å².